The van der Waals surface area contributed by atoms with Crippen LogP contribution in [0.3, 0.4) is 0 Å². The van der Waals surface area contributed by atoms with Gasteiger partial charge < -0.3 is 10.2 Å². The van der Waals surface area contributed by atoms with Crippen molar-refractivity contribution in [3.8, 4) is 0 Å². The largest absolute Gasteiger partial charge is 0.371 e. The number of benzene rings is 1. The van der Waals surface area contributed by atoms with Crippen molar-refractivity contribution < 1.29 is 0 Å². The van der Waals surface area contributed by atoms with E-state index in [0.29, 0.717) is 0 Å². The highest BCUT2D eigenvalue weighted by Gasteiger charge is 2.20. The molecular formula is C17H27ClN2. The normalized spacial score (nSPS) is 16.6. The number of halogens is 1. The summed E-state index contributed by atoms with van der Waals surface area (Å²) in [5.74, 6) is 0.909. The molecule has 1 aliphatic heterocycles. The molecule has 0 unspecified atom stereocenters. The van der Waals surface area contributed by atoms with Crippen molar-refractivity contribution in [2.75, 3.05) is 24.5 Å². The lowest BCUT2D eigenvalue weighted by Crippen LogP contribution is -2.34. The van der Waals surface area contributed by atoms with Crippen LogP contribution in [0.25, 0.3) is 0 Å². The zero-order chi connectivity index (χ0) is 14.4. The summed E-state index contributed by atoms with van der Waals surface area (Å²) in [6, 6.07) is 6.31. The Morgan fingerprint density at radius 2 is 2.00 bits per heavy atom. The maximum atomic E-state index is 6.42. The van der Waals surface area contributed by atoms with Gasteiger partial charge in [-0.3, -0.25) is 0 Å². The molecule has 0 saturated carbocycles. The van der Waals surface area contributed by atoms with Gasteiger partial charge in [0, 0.05) is 35.9 Å². The summed E-state index contributed by atoms with van der Waals surface area (Å²) in [4.78, 5) is 2.51. The predicted molar refractivity (Wildman–Crippen MR) is 88.7 cm³/mol. The van der Waals surface area contributed by atoms with E-state index in [4.69, 9.17) is 11.6 Å². The smallest absolute Gasteiger partial charge is 0.0471 e. The Morgan fingerprint density at radius 1 is 1.25 bits per heavy atom. The van der Waals surface area contributed by atoms with E-state index >= 15 is 0 Å². The van der Waals surface area contributed by atoms with Crippen LogP contribution in [0.1, 0.15) is 45.1 Å². The van der Waals surface area contributed by atoms with Gasteiger partial charge in [0.25, 0.3) is 0 Å². The average Bonchev–Trinajstić information content (AvgIpc) is 2.49. The minimum Gasteiger partial charge on any atom is -0.371 e. The van der Waals surface area contributed by atoms with E-state index in [1.807, 2.05) is 6.07 Å². The molecule has 1 N–H and O–H groups in total. The van der Waals surface area contributed by atoms with Gasteiger partial charge in [0.2, 0.25) is 0 Å². The maximum Gasteiger partial charge on any atom is 0.0471 e. The monoisotopic (exact) mass is 294 g/mol. The minimum absolute atomic E-state index is 0.872. The molecule has 1 aromatic rings. The molecule has 0 amide bonds. The Hall–Kier alpha value is -0.730. The topological polar surface area (TPSA) is 15.3 Å². The highest BCUT2D eigenvalue weighted by Crippen LogP contribution is 2.31. The van der Waals surface area contributed by atoms with Gasteiger partial charge in [0.05, 0.1) is 0 Å². The van der Waals surface area contributed by atoms with Crippen molar-refractivity contribution in [1.82, 2.24) is 5.32 Å². The molecule has 2 nitrogen and oxygen atoms in total. The summed E-state index contributed by atoms with van der Waals surface area (Å²) >= 11 is 6.42. The van der Waals surface area contributed by atoms with Gasteiger partial charge in [-0.25, -0.2) is 0 Å². The van der Waals surface area contributed by atoms with Gasteiger partial charge >= 0.3 is 0 Å². The Balaban J connectivity index is 2.08. The van der Waals surface area contributed by atoms with Crippen LogP contribution in [0, 0.1) is 5.92 Å². The van der Waals surface area contributed by atoms with E-state index in [1.54, 1.807) is 0 Å². The molecule has 0 radical (unpaired) electrons. The SMILES string of the molecule is CCCNCc1c(Cl)cccc1N1CCC(CC)CC1. The fourth-order valence-electron chi connectivity index (χ4n) is 2.99. The molecule has 1 aromatic carbocycles. The Bertz CT molecular complexity index is 411. The molecule has 0 aliphatic carbocycles. The molecule has 0 aromatic heterocycles. The lowest BCUT2D eigenvalue weighted by molar-refractivity contribution is 0.394. The van der Waals surface area contributed by atoms with Crippen molar-refractivity contribution in [2.24, 2.45) is 5.92 Å². The van der Waals surface area contributed by atoms with Crippen LogP contribution in [0.15, 0.2) is 18.2 Å². The van der Waals surface area contributed by atoms with Gasteiger partial charge in [-0.05, 0) is 43.9 Å². The second-order valence-electron chi connectivity index (χ2n) is 5.75. The number of nitrogens with zero attached hydrogens (tertiary/aromatic N) is 1. The van der Waals surface area contributed by atoms with Crippen molar-refractivity contribution in [3.05, 3.63) is 28.8 Å². The summed E-state index contributed by atoms with van der Waals surface area (Å²) in [6.07, 6.45) is 5.09. The van der Waals surface area contributed by atoms with Gasteiger partial charge in [0.1, 0.15) is 0 Å². The van der Waals surface area contributed by atoms with E-state index < -0.39 is 0 Å². The van der Waals surface area contributed by atoms with Crippen LogP contribution in [-0.4, -0.2) is 19.6 Å². The zero-order valence-corrected chi connectivity index (χ0v) is 13.5. The average molecular weight is 295 g/mol. The molecule has 1 heterocycles. The summed E-state index contributed by atoms with van der Waals surface area (Å²) in [5.41, 5.74) is 2.59. The number of nitrogens with one attached hydrogen (secondary N) is 1. The lowest BCUT2D eigenvalue weighted by atomic mass is 9.94. The molecule has 0 bridgehead atoms. The van der Waals surface area contributed by atoms with Crippen LogP contribution in [0.4, 0.5) is 5.69 Å². The molecule has 0 spiro atoms. The summed E-state index contributed by atoms with van der Waals surface area (Å²) in [7, 11) is 0. The second kappa shape index (κ2) is 7.90. The van der Waals surface area contributed by atoms with Crippen molar-refractivity contribution in [2.45, 2.75) is 46.1 Å². The first-order valence-corrected chi connectivity index (χ1v) is 8.37. The van der Waals surface area contributed by atoms with E-state index in [1.165, 1.54) is 43.6 Å². The zero-order valence-electron chi connectivity index (χ0n) is 12.8. The van der Waals surface area contributed by atoms with Crippen LogP contribution in [0.5, 0.6) is 0 Å². The first-order valence-electron chi connectivity index (χ1n) is 7.99. The fourth-order valence-corrected chi connectivity index (χ4v) is 3.23. The number of hydrogen-bond acceptors (Lipinski definition) is 2. The van der Waals surface area contributed by atoms with E-state index in [2.05, 4.69) is 36.2 Å². The van der Waals surface area contributed by atoms with Gasteiger partial charge in [-0.15, -0.1) is 0 Å². The second-order valence-corrected chi connectivity index (χ2v) is 6.16. The number of hydrogen-bond donors (Lipinski definition) is 1. The van der Waals surface area contributed by atoms with Crippen molar-refractivity contribution >= 4 is 17.3 Å². The lowest BCUT2D eigenvalue weighted by Gasteiger charge is -2.34. The summed E-state index contributed by atoms with van der Waals surface area (Å²) < 4.78 is 0. The standard InChI is InChI=1S/C17H27ClN2/c1-3-10-19-13-15-16(18)6-5-7-17(15)20-11-8-14(4-2)9-12-20/h5-7,14,19H,3-4,8-13H2,1-2H3. The number of rotatable bonds is 6. The molecule has 1 saturated heterocycles. The van der Waals surface area contributed by atoms with Gasteiger partial charge in [-0.2, -0.15) is 0 Å². The third kappa shape index (κ3) is 3.89. The molecule has 1 fully saturated rings. The van der Waals surface area contributed by atoms with Crippen LogP contribution in [-0.2, 0) is 6.54 Å². The molecule has 0 atom stereocenters. The van der Waals surface area contributed by atoms with E-state index in [9.17, 15) is 0 Å². The molecule has 2 rings (SSSR count). The first kappa shape index (κ1) is 15.7. The third-order valence-electron chi connectivity index (χ3n) is 4.36. The van der Waals surface area contributed by atoms with E-state index in [-0.39, 0.29) is 0 Å². The molecule has 20 heavy (non-hydrogen) atoms. The van der Waals surface area contributed by atoms with E-state index in [0.717, 1.165) is 30.5 Å². The third-order valence-corrected chi connectivity index (χ3v) is 4.71. The highest BCUT2D eigenvalue weighted by molar-refractivity contribution is 6.31. The molecule has 1 aliphatic rings. The molecule has 3 heteroatoms. The van der Waals surface area contributed by atoms with Crippen LogP contribution in [0.2, 0.25) is 5.02 Å². The Kier molecular flexibility index (Phi) is 6.18. The minimum atomic E-state index is 0.872. The highest BCUT2D eigenvalue weighted by atomic mass is 35.5. The molecular weight excluding hydrogens is 268 g/mol. The van der Waals surface area contributed by atoms with Crippen molar-refractivity contribution in [1.29, 1.82) is 0 Å². The Morgan fingerprint density at radius 3 is 2.65 bits per heavy atom. The summed E-state index contributed by atoms with van der Waals surface area (Å²) in [6.45, 7) is 8.74. The summed E-state index contributed by atoms with van der Waals surface area (Å²) in [5, 5.41) is 4.37. The number of piperidine rings is 1. The van der Waals surface area contributed by atoms with Crippen molar-refractivity contribution in [3.63, 3.8) is 0 Å². The number of anilines is 1. The quantitative estimate of drug-likeness (QED) is 0.779. The van der Waals surface area contributed by atoms with Crippen LogP contribution < -0.4 is 10.2 Å². The Labute approximate surface area is 128 Å². The molecule has 112 valence electrons. The fraction of sp³-hybridized carbons (Fsp3) is 0.647. The van der Waals surface area contributed by atoms with Gasteiger partial charge in [-0.1, -0.05) is 37.9 Å². The van der Waals surface area contributed by atoms with Gasteiger partial charge in [0.15, 0.2) is 0 Å². The predicted octanol–water partition coefficient (Wildman–Crippen LogP) is 4.47. The maximum absolute atomic E-state index is 6.42. The first-order chi connectivity index (χ1) is 9.76. The van der Waals surface area contributed by atoms with Crippen LogP contribution >= 0.6 is 11.6 Å².